The highest BCUT2D eigenvalue weighted by atomic mass is 35.5. The van der Waals surface area contributed by atoms with Gasteiger partial charge in [0.1, 0.15) is 12.5 Å². The molecule has 1 atom stereocenters. The van der Waals surface area contributed by atoms with E-state index in [9.17, 15) is 13.2 Å². The van der Waals surface area contributed by atoms with Crippen LogP contribution in [0.2, 0.25) is 0 Å². The summed E-state index contributed by atoms with van der Waals surface area (Å²) in [6.07, 6.45) is 0. The van der Waals surface area contributed by atoms with Gasteiger partial charge in [0.05, 0.1) is 13.2 Å². The van der Waals surface area contributed by atoms with Crippen molar-refractivity contribution in [1.29, 1.82) is 0 Å². The molecule has 1 aromatic rings. The van der Waals surface area contributed by atoms with E-state index < -0.39 is 29.9 Å². The summed E-state index contributed by atoms with van der Waals surface area (Å²) in [5.41, 5.74) is 4.73. The smallest absolute Gasteiger partial charge is 0.172 e. The molecule has 2 N–H and O–H groups in total. The van der Waals surface area contributed by atoms with Gasteiger partial charge in [-0.1, -0.05) is 0 Å². The van der Waals surface area contributed by atoms with E-state index in [0.29, 0.717) is 0 Å². The van der Waals surface area contributed by atoms with Crippen molar-refractivity contribution in [1.82, 2.24) is 0 Å². The van der Waals surface area contributed by atoms with E-state index in [1.807, 2.05) is 0 Å². The SMILES string of the molecule is COc1ccc(F)c([C@@H](N)CF)c1F.Cl. The standard InChI is InChI=1S/C9H10F3NO.ClH/c1-14-7-3-2-5(11)8(9(7)12)6(13)4-10;/h2-3,6H,4,13H2,1H3;1H/t6-;/m0./s1. The van der Waals surface area contributed by atoms with Crippen LogP contribution in [0.25, 0.3) is 0 Å². The number of hydrogen-bond acceptors (Lipinski definition) is 2. The van der Waals surface area contributed by atoms with Gasteiger partial charge in [0, 0.05) is 5.56 Å². The molecule has 0 saturated heterocycles. The van der Waals surface area contributed by atoms with Crippen molar-refractivity contribution in [2.45, 2.75) is 6.04 Å². The Morgan fingerprint density at radius 3 is 2.47 bits per heavy atom. The van der Waals surface area contributed by atoms with E-state index in [4.69, 9.17) is 5.73 Å². The predicted molar refractivity (Wildman–Crippen MR) is 53.1 cm³/mol. The molecule has 1 aromatic carbocycles. The first-order valence-electron chi connectivity index (χ1n) is 3.95. The van der Waals surface area contributed by atoms with Crippen LogP contribution in [-0.4, -0.2) is 13.8 Å². The Labute approximate surface area is 91.6 Å². The number of methoxy groups -OCH3 is 1. The molecule has 0 aliphatic heterocycles. The monoisotopic (exact) mass is 241 g/mol. The molecule has 2 nitrogen and oxygen atoms in total. The Morgan fingerprint density at radius 1 is 1.40 bits per heavy atom. The highest BCUT2D eigenvalue weighted by molar-refractivity contribution is 5.85. The van der Waals surface area contributed by atoms with Gasteiger partial charge in [-0.25, -0.2) is 13.2 Å². The Balaban J connectivity index is 0.00000196. The average Bonchev–Trinajstić information content (AvgIpc) is 2.18. The zero-order valence-corrected chi connectivity index (χ0v) is 8.78. The molecule has 0 aliphatic carbocycles. The van der Waals surface area contributed by atoms with Gasteiger partial charge in [0.25, 0.3) is 0 Å². The Hall–Kier alpha value is -0.940. The van der Waals surface area contributed by atoms with Crippen LogP contribution in [-0.2, 0) is 0 Å². The summed E-state index contributed by atoms with van der Waals surface area (Å²) in [4.78, 5) is 0. The maximum Gasteiger partial charge on any atom is 0.172 e. The van der Waals surface area contributed by atoms with Crippen LogP contribution < -0.4 is 10.5 Å². The van der Waals surface area contributed by atoms with Crippen molar-refractivity contribution in [3.63, 3.8) is 0 Å². The zero-order chi connectivity index (χ0) is 10.7. The van der Waals surface area contributed by atoms with E-state index in [2.05, 4.69) is 4.74 Å². The normalized spacial score (nSPS) is 11.8. The zero-order valence-electron chi connectivity index (χ0n) is 7.97. The van der Waals surface area contributed by atoms with Crippen molar-refractivity contribution in [3.8, 4) is 5.75 Å². The summed E-state index contributed by atoms with van der Waals surface area (Å²) in [7, 11) is 1.24. The van der Waals surface area contributed by atoms with Crippen LogP contribution in [0, 0.1) is 11.6 Å². The highest BCUT2D eigenvalue weighted by Crippen LogP contribution is 2.26. The first-order chi connectivity index (χ1) is 6.61. The van der Waals surface area contributed by atoms with Crippen molar-refractivity contribution < 1.29 is 17.9 Å². The summed E-state index contributed by atoms with van der Waals surface area (Å²) in [6, 6.07) is 0.816. The van der Waals surface area contributed by atoms with E-state index in [1.54, 1.807) is 0 Å². The van der Waals surface area contributed by atoms with Crippen LogP contribution in [0.5, 0.6) is 5.75 Å². The lowest BCUT2D eigenvalue weighted by Crippen LogP contribution is -2.16. The summed E-state index contributed by atoms with van der Waals surface area (Å²) in [6.45, 7) is -1.03. The first-order valence-corrected chi connectivity index (χ1v) is 3.95. The van der Waals surface area contributed by atoms with Gasteiger partial charge in [-0.15, -0.1) is 12.4 Å². The second kappa shape index (κ2) is 5.82. The lowest BCUT2D eigenvalue weighted by Gasteiger charge is -2.12. The Morgan fingerprint density at radius 2 is 2.00 bits per heavy atom. The molecule has 0 radical (unpaired) electrons. The largest absolute Gasteiger partial charge is 0.494 e. The first kappa shape index (κ1) is 14.1. The van der Waals surface area contributed by atoms with Crippen LogP contribution in [0.1, 0.15) is 11.6 Å². The van der Waals surface area contributed by atoms with Crippen molar-refractivity contribution in [2.75, 3.05) is 13.8 Å². The van der Waals surface area contributed by atoms with E-state index in [1.165, 1.54) is 7.11 Å². The van der Waals surface area contributed by atoms with Gasteiger partial charge < -0.3 is 10.5 Å². The van der Waals surface area contributed by atoms with E-state index >= 15 is 0 Å². The van der Waals surface area contributed by atoms with Crippen molar-refractivity contribution >= 4 is 12.4 Å². The fraction of sp³-hybridized carbons (Fsp3) is 0.333. The second-order valence-corrected chi connectivity index (χ2v) is 2.74. The van der Waals surface area contributed by atoms with Crippen molar-refractivity contribution in [2.24, 2.45) is 5.73 Å². The summed E-state index contributed by atoms with van der Waals surface area (Å²) in [5, 5.41) is 0. The molecule has 0 bridgehead atoms. The molecule has 0 heterocycles. The molecule has 6 heteroatoms. The number of benzene rings is 1. The second-order valence-electron chi connectivity index (χ2n) is 2.74. The van der Waals surface area contributed by atoms with Crippen LogP contribution in [0.3, 0.4) is 0 Å². The third-order valence-electron chi connectivity index (χ3n) is 1.85. The fourth-order valence-electron chi connectivity index (χ4n) is 1.12. The quantitative estimate of drug-likeness (QED) is 0.882. The average molecular weight is 242 g/mol. The lowest BCUT2D eigenvalue weighted by molar-refractivity contribution is 0.368. The van der Waals surface area contributed by atoms with Gasteiger partial charge >= 0.3 is 0 Å². The molecule has 0 unspecified atom stereocenters. The maximum atomic E-state index is 13.4. The molecule has 0 aliphatic rings. The molecule has 0 aromatic heterocycles. The number of nitrogens with two attached hydrogens (primary N) is 1. The number of ether oxygens (including phenoxy) is 1. The van der Waals surface area contributed by atoms with Gasteiger partial charge in [-0.2, -0.15) is 0 Å². The Bertz CT molecular complexity index is 335. The molecular weight excluding hydrogens is 231 g/mol. The highest BCUT2D eigenvalue weighted by Gasteiger charge is 2.19. The molecular formula is C9H11ClF3NO. The van der Waals surface area contributed by atoms with Gasteiger partial charge in [-0.05, 0) is 12.1 Å². The molecule has 0 fully saturated rings. The maximum absolute atomic E-state index is 13.4. The summed E-state index contributed by atoms with van der Waals surface area (Å²) < 4.78 is 43.2. The molecule has 0 saturated carbocycles. The minimum Gasteiger partial charge on any atom is -0.494 e. The lowest BCUT2D eigenvalue weighted by atomic mass is 10.1. The van der Waals surface area contributed by atoms with Crippen LogP contribution in [0.15, 0.2) is 12.1 Å². The number of alkyl halides is 1. The molecule has 0 spiro atoms. The molecule has 1 rings (SSSR count). The van der Waals surface area contributed by atoms with Gasteiger partial charge in [-0.3, -0.25) is 0 Å². The number of hydrogen-bond donors (Lipinski definition) is 1. The minimum atomic E-state index is -1.30. The Kier molecular flexibility index (Phi) is 5.46. The van der Waals surface area contributed by atoms with E-state index in [0.717, 1.165) is 12.1 Å². The van der Waals surface area contributed by atoms with Crippen molar-refractivity contribution in [3.05, 3.63) is 29.3 Å². The van der Waals surface area contributed by atoms with Crippen LogP contribution in [0.4, 0.5) is 13.2 Å². The molecule has 0 amide bonds. The van der Waals surface area contributed by atoms with Crippen LogP contribution >= 0.6 is 12.4 Å². The molecule has 15 heavy (non-hydrogen) atoms. The third-order valence-corrected chi connectivity index (χ3v) is 1.85. The summed E-state index contributed by atoms with van der Waals surface area (Å²) >= 11 is 0. The number of rotatable bonds is 3. The summed E-state index contributed by atoms with van der Waals surface area (Å²) in [5.74, 6) is -1.96. The topological polar surface area (TPSA) is 35.2 Å². The minimum absolute atomic E-state index is 0. The third kappa shape index (κ3) is 2.76. The number of halogens is 4. The van der Waals surface area contributed by atoms with Gasteiger partial charge in [0.15, 0.2) is 11.6 Å². The predicted octanol–water partition coefficient (Wildman–Crippen LogP) is 2.36. The fourth-order valence-corrected chi connectivity index (χ4v) is 1.12. The molecule has 86 valence electrons. The van der Waals surface area contributed by atoms with Gasteiger partial charge in [0.2, 0.25) is 0 Å². The van der Waals surface area contributed by atoms with E-state index in [-0.39, 0.29) is 18.2 Å².